The topological polar surface area (TPSA) is 111 Å². The maximum absolute atomic E-state index is 13.5. The van der Waals surface area contributed by atoms with Crippen molar-refractivity contribution in [3.05, 3.63) is 90.2 Å². The first-order valence-corrected chi connectivity index (χ1v) is 11.1. The average Bonchev–Trinajstić information content (AvgIpc) is 3.22. The first kappa shape index (κ1) is 22.6. The number of nitro benzene ring substituents is 1. The molecular formula is C25H24N4O6. The molecule has 0 saturated heterocycles. The Morgan fingerprint density at radius 3 is 2.46 bits per heavy atom. The molecule has 2 aromatic heterocycles. The summed E-state index contributed by atoms with van der Waals surface area (Å²) >= 11 is 0. The predicted octanol–water partition coefficient (Wildman–Crippen LogP) is 3.05. The first-order valence-electron chi connectivity index (χ1n) is 11.1. The van der Waals surface area contributed by atoms with Crippen LogP contribution < -0.4 is 16.0 Å². The fourth-order valence-corrected chi connectivity index (χ4v) is 4.87. The van der Waals surface area contributed by atoms with Crippen molar-refractivity contribution >= 4 is 16.6 Å². The third-order valence-electron chi connectivity index (χ3n) is 6.65. The van der Waals surface area contributed by atoms with Gasteiger partial charge in [-0.15, -0.1) is 0 Å². The van der Waals surface area contributed by atoms with Crippen LogP contribution in [0.5, 0.6) is 5.75 Å². The molecule has 5 rings (SSSR count). The van der Waals surface area contributed by atoms with Crippen LogP contribution in [0.2, 0.25) is 0 Å². The van der Waals surface area contributed by atoms with Gasteiger partial charge in [-0.05, 0) is 24.6 Å². The lowest BCUT2D eigenvalue weighted by molar-refractivity contribution is -0.385. The van der Waals surface area contributed by atoms with Gasteiger partial charge < -0.3 is 14.0 Å². The molecule has 0 amide bonds. The molecule has 0 saturated carbocycles. The molecule has 0 fully saturated rings. The minimum atomic E-state index is -0.552. The third-order valence-corrected chi connectivity index (χ3v) is 6.65. The largest absolute Gasteiger partial charge is 0.497 e. The third kappa shape index (κ3) is 3.36. The van der Waals surface area contributed by atoms with Crippen molar-refractivity contribution in [2.24, 2.45) is 14.1 Å². The van der Waals surface area contributed by atoms with Crippen molar-refractivity contribution in [2.45, 2.75) is 19.6 Å². The van der Waals surface area contributed by atoms with E-state index in [9.17, 15) is 19.7 Å². The molecule has 0 bridgehead atoms. The molecule has 0 spiro atoms. The zero-order chi connectivity index (χ0) is 25.0. The molecule has 1 atom stereocenters. The van der Waals surface area contributed by atoms with E-state index in [4.69, 9.17) is 9.47 Å². The summed E-state index contributed by atoms with van der Waals surface area (Å²) in [5.74, 6) is 0.693. The van der Waals surface area contributed by atoms with E-state index in [1.165, 1.54) is 17.7 Å². The predicted molar refractivity (Wildman–Crippen MR) is 130 cm³/mol. The van der Waals surface area contributed by atoms with Crippen LogP contribution in [-0.4, -0.2) is 32.3 Å². The smallest absolute Gasteiger partial charge is 0.331 e. The minimum absolute atomic E-state index is 0.0355. The normalized spacial score (nSPS) is 15.3. The lowest BCUT2D eigenvalue weighted by Crippen LogP contribution is -2.37. The fourth-order valence-electron chi connectivity index (χ4n) is 4.87. The molecule has 3 heterocycles. The first-order chi connectivity index (χ1) is 16.7. The van der Waals surface area contributed by atoms with E-state index >= 15 is 0 Å². The number of benzene rings is 2. The van der Waals surface area contributed by atoms with Gasteiger partial charge in [-0.1, -0.05) is 24.3 Å². The molecular weight excluding hydrogens is 452 g/mol. The number of nitrogens with zero attached hydrogens (tertiary/aromatic N) is 4. The van der Waals surface area contributed by atoms with E-state index in [-0.39, 0.29) is 5.69 Å². The number of nitro groups is 1. The lowest BCUT2D eigenvalue weighted by atomic mass is 10.0. The molecule has 10 heteroatoms. The Hall–Kier alpha value is -4.18. The highest BCUT2D eigenvalue weighted by molar-refractivity contribution is 5.97. The van der Waals surface area contributed by atoms with Crippen LogP contribution >= 0.6 is 0 Å². The summed E-state index contributed by atoms with van der Waals surface area (Å²) in [6.45, 7) is 2.45. The Labute approximate surface area is 199 Å². The van der Waals surface area contributed by atoms with E-state index in [2.05, 4.69) is 0 Å². The molecule has 0 radical (unpaired) electrons. The summed E-state index contributed by atoms with van der Waals surface area (Å²) in [7, 11) is 4.63. The Balaban J connectivity index is 1.90. The van der Waals surface area contributed by atoms with Gasteiger partial charge in [-0.2, -0.15) is 0 Å². The van der Waals surface area contributed by atoms with Crippen LogP contribution in [0.1, 0.15) is 22.9 Å². The lowest BCUT2D eigenvalue weighted by Gasteiger charge is -2.27. The van der Waals surface area contributed by atoms with Crippen LogP contribution in [0, 0.1) is 17.0 Å². The zero-order valence-electron chi connectivity index (χ0n) is 19.8. The van der Waals surface area contributed by atoms with Crippen molar-refractivity contribution in [3.63, 3.8) is 0 Å². The highest BCUT2D eigenvalue weighted by atomic mass is 16.6. The number of fused-ring (bicyclic) bond motifs is 3. The van der Waals surface area contributed by atoms with Gasteiger partial charge in [0.15, 0.2) is 0 Å². The molecule has 10 nitrogen and oxygen atoms in total. The van der Waals surface area contributed by atoms with Gasteiger partial charge in [0.25, 0.3) is 11.2 Å². The quantitative estimate of drug-likeness (QED) is 0.331. The van der Waals surface area contributed by atoms with Gasteiger partial charge in [0, 0.05) is 37.8 Å². The van der Waals surface area contributed by atoms with Gasteiger partial charge in [0.2, 0.25) is 0 Å². The van der Waals surface area contributed by atoms with Crippen LogP contribution in [0.15, 0.2) is 52.1 Å². The van der Waals surface area contributed by atoms with E-state index in [1.807, 2.05) is 28.8 Å². The Bertz CT molecular complexity index is 1610. The van der Waals surface area contributed by atoms with Gasteiger partial charge in [0.05, 0.1) is 40.9 Å². The van der Waals surface area contributed by atoms with Crippen molar-refractivity contribution in [2.75, 3.05) is 13.7 Å². The highest BCUT2D eigenvalue weighted by Crippen LogP contribution is 2.41. The molecule has 1 unspecified atom stereocenters. The van der Waals surface area contributed by atoms with Crippen LogP contribution in [0.4, 0.5) is 5.69 Å². The van der Waals surface area contributed by atoms with Crippen molar-refractivity contribution in [3.8, 4) is 17.0 Å². The molecule has 2 aromatic carbocycles. The second-order valence-corrected chi connectivity index (χ2v) is 8.60. The summed E-state index contributed by atoms with van der Waals surface area (Å²) in [6.07, 6.45) is -0.552. The van der Waals surface area contributed by atoms with Crippen LogP contribution in [0.25, 0.3) is 22.2 Å². The van der Waals surface area contributed by atoms with Crippen LogP contribution in [-0.2, 0) is 25.4 Å². The standard InChI is InChI=1S/C25H24N4O6/c1-14-5-6-16(13-18(14)29(32)33)20-19-21(26(2)25(31)27(3)24(19)30)22-23(35-12-11-28(20)22)15-7-9-17(34-4)10-8-15/h5-10,13,23H,11-12H2,1-4H3. The summed E-state index contributed by atoms with van der Waals surface area (Å²) in [4.78, 5) is 37.6. The number of hydrogen-bond acceptors (Lipinski definition) is 6. The number of rotatable bonds is 4. The van der Waals surface area contributed by atoms with E-state index in [0.717, 1.165) is 10.1 Å². The number of hydrogen-bond donors (Lipinski definition) is 0. The van der Waals surface area contributed by atoms with E-state index in [1.54, 1.807) is 33.2 Å². The average molecular weight is 476 g/mol. The van der Waals surface area contributed by atoms with Gasteiger partial charge >= 0.3 is 5.69 Å². The zero-order valence-corrected chi connectivity index (χ0v) is 19.8. The Kier molecular flexibility index (Phi) is 5.32. The number of methoxy groups -OCH3 is 1. The van der Waals surface area contributed by atoms with Gasteiger partial charge in [-0.3, -0.25) is 24.0 Å². The summed E-state index contributed by atoms with van der Waals surface area (Å²) in [5, 5.41) is 12.0. The van der Waals surface area contributed by atoms with E-state index < -0.39 is 22.3 Å². The van der Waals surface area contributed by atoms with Gasteiger partial charge in [-0.25, -0.2) is 4.79 Å². The molecule has 180 valence electrons. The molecule has 0 N–H and O–H groups in total. The minimum Gasteiger partial charge on any atom is -0.497 e. The highest BCUT2D eigenvalue weighted by Gasteiger charge is 2.33. The van der Waals surface area contributed by atoms with Gasteiger partial charge in [0.1, 0.15) is 11.9 Å². The molecule has 35 heavy (non-hydrogen) atoms. The molecule has 1 aliphatic rings. The second kappa shape index (κ2) is 8.24. The number of aromatic nitrogens is 3. The Morgan fingerprint density at radius 2 is 1.80 bits per heavy atom. The Morgan fingerprint density at radius 1 is 1.09 bits per heavy atom. The second-order valence-electron chi connectivity index (χ2n) is 8.60. The number of aryl methyl sites for hydroxylation is 2. The summed E-state index contributed by atoms with van der Waals surface area (Å²) in [5.41, 5.74) is 2.58. The maximum Gasteiger partial charge on any atom is 0.331 e. The molecule has 4 aromatic rings. The summed E-state index contributed by atoms with van der Waals surface area (Å²) < 4.78 is 15.9. The summed E-state index contributed by atoms with van der Waals surface area (Å²) in [6, 6.07) is 12.3. The maximum atomic E-state index is 13.5. The monoisotopic (exact) mass is 476 g/mol. The van der Waals surface area contributed by atoms with E-state index in [0.29, 0.717) is 52.3 Å². The van der Waals surface area contributed by atoms with Crippen molar-refractivity contribution in [1.29, 1.82) is 0 Å². The fraction of sp³-hybridized carbons (Fsp3) is 0.280. The van der Waals surface area contributed by atoms with Crippen LogP contribution in [0.3, 0.4) is 0 Å². The van der Waals surface area contributed by atoms with Crippen molar-refractivity contribution in [1.82, 2.24) is 13.7 Å². The molecule has 0 aliphatic carbocycles. The molecule has 1 aliphatic heterocycles. The SMILES string of the molecule is COc1ccc(C2OCCn3c(-c4ccc(C)c([N+](=O)[O-])c4)c4c(=O)n(C)c(=O)n(C)c4c32)cc1. The van der Waals surface area contributed by atoms with Crippen molar-refractivity contribution < 1.29 is 14.4 Å². The number of ether oxygens (including phenoxy) is 2.